The average molecular weight is 1400 g/mol. The molecule has 0 aliphatic carbocycles. The van der Waals surface area contributed by atoms with Gasteiger partial charge in [0.1, 0.15) is 19.3 Å². The number of unbranched alkanes of at least 4 members (excludes halogenated alkanes) is 42. The van der Waals surface area contributed by atoms with Crippen molar-refractivity contribution in [2.24, 2.45) is 17.8 Å². The lowest BCUT2D eigenvalue weighted by molar-refractivity contribution is -0.161. The summed E-state index contributed by atoms with van der Waals surface area (Å²) in [6.45, 7) is 11.9. The van der Waals surface area contributed by atoms with Gasteiger partial charge in [-0.15, -0.1) is 0 Å². The van der Waals surface area contributed by atoms with Crippen LogP contribution in [0.25, 0.3) is 0 Å². The minimum Gasteiger partial charge on any atom is -0.462 e. The monoisotopic (exact) mass is 1400 g/mol. The van der Waals surface area contributed by atoms with Crippen molar-refractivity contribution in [2.75, 3.05) is 39.6 Å². The lowest BCUT2D eigenvalue weighted by Gasteiger charge is -2.21. The normalized spacial score (nSPS) is 14.1. The fraction of sp³-hybridized carbons (Fsp3) is 0.947. The number of phosphoric ester groups is 2. The van der Waals surface area contributed by atoms with Crippen LogP contribution in [0.2, 0.25) is 0 Å². The van der Waals surface area contributed by atoms with E-state index in [1.807, 2.05) is 0 Å². The van der Waals surface area contributed by atoms with Gasteiger partial charge in [0.2, 0.25) is 0 Å². The molecule has 0 saturated carbocycles. The summed E-state index contributed by atoms with van der Waals surface area (Å²) in [5.41, 5.74) is 0. The van der Waals surface area contributed by atoms with E-state index in [0.717, 1.165) is 108 Å². The molecule has 0 aliphatic heterocycles. The van der Waals surface area contributed by atoms with Crippen molar-refractivity contribution in [3.8, 4) is 0 Å². The Bertz CT molecular complexity index is 1850. The second kappa shape index (κ2) is 66.6. The summed E-state index contributed by atoms with van der Waals surface area (Å²) >= 11 is 0. The van der Waals surface area contributed by atoms with Gasteiger partial charge in [-0.25, -0.2) is 9.13 Å². The zero-order valence-electron chi connectivity index (χ0n) is 62.1. The molecule has 564 valence electrons. The summed E-state index contributed by atoms with van der Waals surface area (Å²) < 4.78 is 68.4. The molecule has 0 aromatic carbocycles. The third-order valence-electron chi connectivity index (χ3n) is 17.6. The molecule has 19 heteroatoms. The number of ether oxygens (including phenoxy) is 4. The molecule has 3 N–H and O–H groups in total. The largest absolute Gasteiger partial charge is 0.472 e. The summed E-state index contributed by atoms with van der Waals surface area (Å²) in [5.74, 6) is 0.161. The molecular formula is C76H148O17P2. The Morgan fingerprint density at radius 2 is 0.484 bits per heavy atom. The fourth-order valence-corrected chi connectivity index (χ4v) is 13.2. The van der Waals surface area contributed by atoms with E-state index in [4.69, 9.17) is 37.0 Å². The SMILES string of the molecule is CCCCCCCCCCCCC(=O)O[C@H](COC(=O)CCCCCCCCC(C)C)COP(=O)(O)OC[C@H](O)COP(=O)(O)OC[C@@H](COC(=O)CCCCCCCCCCCCCCC(C)C)OC(=O)CCCCCCCCCCCCCCCCCCCCC(C)C. The first-order chi connectivity index (χ1) is 45.7. The highest BCUT2D eigenvalue weighted by atomic mass is 31.2. The summed E-state index contributed by atoms with van der Waals surface area (Å²) in [6.07, 6.45) is 53.0. The van der Waals surface area contributed by atoms with Crippen LogP contribution in [0, 0.1) is 17.8 Å². The summed E-state index contributed by atoms with van der Waals surface area (Å²) in [7, 11) is -9.91. The van der Waals surface area contributed by atoms with E-state index in [1.165, 1.54) is 193 Å². The predicted molar refractivity (Wildman–Crippen MR) is 386 cm³/mol. The molecule has 0 heterocycles. The Morgan fingerprint density at radius 3 is 0.716 bits per heavy atom. The van der Waals surface area contributed by atoms with Gasteiger partial charge in [-0.3, -0.25) is 37.3 Å². The van der Waals surface area contributed by atoms with Gasteiger partial charge in [-0.2, -0.15) is 0 Å². The number of hydrogen-bond acceptors (Lipinski definition) is 15. The molecule has 0 bridgehead atoms. The maximum absolute atomic E-state index is 13.1. The van der Waals surface area contributed by atoms with Crippen LogP contribution in [0.4, 0.5) is 0 Å². The quantitative estimate of drug-likeness (QED) is 0.0222. The zero-order chi connectivity index (χ0) is 70.1. The number of aliphatic hydroxyl groups is 1. The molecule has 0 aromatic rings. The van der Waals surface area contributed by atoms with Crippen molar-refractivity contribution in [2.45, 2.75) is 407 Å². The fourth-order valence-electron chi connectivity index (χ4n) is 11.6. The molecule has 5 atom stereocenters. The van der Waals surface area contributed by atoms with Crippen LogP contribution < -0.4 is 0 Å². The van der Waals surface area contributed by atoms with E-state index in [0.29, 0.717) is 31.6 Å². The summed E-state index contributed by atoms with van der Waals surface area (Å²) in [6, 6.07) is 0. The Labute approximate surface area is 581 Å². The van der Waals surface area contributed by atoms with Gasteiger partial charge in [0.15, 0.2) is 12.2 Å². The highest BCUT2D eigenvalue weighted by Gasteiger charge is 2.30. The molecule has 0 amide bonds. The molecule has 95 heavy (non-hydrogen) atoms. The molecule has 0 saturated heterocycles. The molecule has 0 rings (SSSR count). The van der Waals surface area contributed by atoms with Crippen molar-refractivity contribution in [1.29, 1.82) is 0 Å². The van der Waals surface area contributed by atoms with E-state index in [9.17, 15) is 43.2 Å². The summed E-state index contributed by atoms with van der Waals surface area (Å²) in [5, 5.41) is 10.6. The van der Waals surface area contributed by atoms with Gasteiger partial charge in [-0.1, -0.05) is 337 Å². The van der Waals surface area contributed by atoms with Gasteiger partial charge in [0, 0.05) is 25.7 Å². The second-order valence-electron chi connectivity index (χ2n) is 28.8. The highest BCUT2D eigenvalue weighted by Crippen LogP contribution is 2.45. The Balaban J connectivity index is 5.19. The van der Waals surface area contributed by atoms with Crippen LogP contribution in [0.3, 0.4) is 0 Å². The maximum Gasteiger partial charge on any atom is 0.472 e. The first-order valence-electron chi connectivity index (χ1n) is 39.3. The molecule has 17 nitrogen and oxygen atoms in total. The molecule has 0 aliphatic rings. The third-order valence-corrected chi connectivity index (χ3v) is 19.5. The third kappa shape index (κ3) is 70.3. The molecule has 0 aromatic heterocycles. The summed E-state index contributed by atoms with van der Waals surface area (Å²) in [4.78, 5) is 72.7. The van der Waals surface area contributed by atoms with Crippen molar-refractivity contribution in [3.05, 3.63) is 0 Å². The van der Waals surface area contributed by atoms with Crippen LogP contribution in [-0.2, 0) is 65.4 Å². The highest BCUT2D eigenvalue weighted by molar-refractivity contribution is 7.47. The van der Waals surface area contributed by atoms with Crippen molar-refractivity contribution in [1.82, 2.24) is 0 Å². The van der Waals surface area contributed by atoms with Gasteiger partial charge in [-0.05, 0) is 43.4 Å². The van der Waals surface area contributed by atoms with Crippen LogP contribution in [-0.4, -0.2) is 96.7 Å². The predicted octanol–water partition coefficient (Wildman–Crippen LogP) is 22.2. The minimum atomic E-state index is -4.96. The zero-order valence-corrected chi connectivity index (χ0v) is 63.9. The van der Waals surface area contributed by atoms with E-state index in [1.54, 1.807) is 0 Å². The molecule has 0 spiro atoms. The topological polar surface area (TPSA) is 237 Å². The van der Waals surface area contributed by atoms with Gasteiger partial charge >= 0.3 is 39.5 Å². The van der Waals surface area contributed by atoms with E-state index >= 15 is 0 Å². The van der Waals surface area contributed by atoms with Gasteiger partial charge in [0.25, 0.3) is 0 Å². The molecule has 2 unspecified atom stereocenters. The number of aliphatic hydroxyl groups excluding tert-OH is 1. The lowest BCUT2D eigenvalue weighted by Crippen LogP contribution is -2.30. The minimum absolute atomic E-state index is 0.105. The average Bonchev–Trinajstić information content (AvgIpc) is 1.29. The molecular weight excluding hydrogens is 1250 g/mol. The molecule has 0 radical (unpaired) electrons. The second-order valence-corrected chi connectivity index (χ2v) is 31.7. The van der Waals surface area contributed by atoms with Crippen LogP contribution in [0.15, 0.2) is 0 Å². The van der Waals surface area contributed by atoms with E-state index in [-0.39, 0.29) is 25.7 Å². The van der Waals surface area contributed by atoms with Crippen molar-refractivity contribution >= 4 is 39.5 Å². The Kier molecular flexibility index (Phi) is 65.2. The van der Waals surface area contributed by atoms with Crippen LogP contribution in [0.5, 0.6) is 0 Å². The smallest absolute Gasteiger partial charge is 0.462 e. The number of carbonyl (C=O) groups excluding carboxylic acids is 4. The van der Waals surface area contributed by atoms with E-state index < -0.39 is 97.5 Å². The number of esters is 4. The number of carbonyl (C=O) groups is 4. The Hall–Kier alpha value is -1.94. The Morgan fingerprint density at radius 1 is 0.284 bits per heavy atom. The number of hydrogen-bond donors (Lipinski definition) is 3. The number of phosphoric acid groups is 2. The molecule has 0 fully saturated rings. The van der Waals surface area contributed by atoms with Crippen LogP contribution >= 0.6 is 15.6 Å². The lowest BCUT2D eigenvalue weighted by atomic mass is 10.0. The number of rotatable bonds is 74. The maximum atomic E-state index is 13.1. The van der Waals surface area contributed by atoms with Gasteiger partial charge in [0.05, 0.1) is 26.4 Å². The van der Waals surface area contributed by atoms with Crippen molar-refractivity contribution < 1.29 is 80.2 Å². The van der Waals surface area contributed by atoms with Gasteiger partial charge < -0.3 is 33.8 Å². The first kappa shape index (κ1) is 93.1. The first-order valence-corrected chi connectivity index (χ1v) is 42.3. The van der Waals surface area contributed by atoms with Crippen molar-refractivity contribution in [3.63, 3.8) is 0 Å². The van der Waals surface area contributed by atoms with Crippen LogP contribution in [0.1, 0.15) is 389 Å². The standard InChI is InChI=1S/C76H148O17P2/c1-8-9-10-11-12-13-30-36-45-52-59-75(80)93-72(64-87-74(79)58-51-44-39-38-42-49-56-69(6)7)66-91-95(84,85)89-62-70(77)61-88-94(82,83)90-65-71(63-86-73(78)57-50-43-35-31-26-23-22-25-29-34-41-48-55-68(4)5)92-76(81)60-53-46-37-32-27-21-19-17-15-14-16-18-20-24-28-33-40-47-54-67(2)3/h67-72,77H,8-66H2,1-7H3,(H,82,83)(H,84,85)/t70-,71-,72-/m1/s1. The van der Waals surface area contributed by atoms with E-state index in [2.05, 4.69) is 48.5 Å².